The van der Waals surface area contributed by atoms with Crippen LogP contribution in [0.3, 0.4) is 0 Å². The summed E-state index contributed by atoms with van der Waals surface area (Å²) >= 11 is 1.37. The summed E-state index contributed by atoms with van der Waals surface area (Å²) in [6.45, 7) is 1.77. The Morgan fingerprint density at radius 2 is 2.15 bits per heavy atom. The predicted octanol–water partition coefficient (Wildman–Crippen LogP) is 4.15. The number of rotatable bonds is 6. The van der Waals surface area contributed by atoms with Crippen LogP contribution in [0.1, 0.15) is 39.9 Å². The highest BCUT2D eigenvalue weighted by atomic mass is 32.1. The third-order valence-corrected chi connectivity index (χ3v) is 7.07. The zero-order valence-corrected chi connectivity index (χ0v) is 18.8. The average molecular weight is 481 g/mol. The van der Waals surface area contributed by atoms with Crippen LogP contribution >= 0.6 is 11.3 Å². The fourth-order valence-corrected chi connectivity index (χ4v) is 5.66. The number of ketones is 1. The highest BCUT2D eigenvalue weighted by molar-refractivity contribution is 7.17. The highest BCUT2D eigenvalue weighted by Crippen LogP contribution is 2.40. The minimum atomic E-state index is -0.808. The molecular weight excluding hydrogens is 462 g/mol. The molecule has 0 bridgehead atoms. The van der Waals surface area contributed by atoms with Crippen molar-refractivity contribution in [3.63, 3.8) is 0 Å². The van der Waals surface area contributed by atoms with E-state index in [0.29, 0.717) is 16.5 Å². The monoisotopic (exact) mass is 481 g/mol. The van der Waals surface area contributed by atoms with Crippen LogP contribution in [0.5, 0.6) is 0 Å². The van der Waals surface area contributed by atoms with Crippen molar-refractivity contribution in [2.75, 3.05) is 5.32 Å². The largest absolute Gasteiger partial charge is 0.461 e. The number of fused-ring (bicyclic) bond motifs is 2. The van der Waals surface area contributed by atoms with Crippen molar-refractivity contribution in [2.45, 2.75) is 32.7 Å². The zero-order valence-electron chi connectivity index (χ0n) is 18.0. The number of anilines is 1. The van der Waals surface area contributed by atoms with Gasteiger partial charge in [-0.25, -0.2) is 4.79 Å². The van der Waals surface area contributed by atoms with Crippen molar-refractivity contribution in [2.24, 2.45) is 5.92 Å². The van der Waals surface area contributed by atoms with E-state index in [1.807, 2.05) is 0 Å². The van der Waals surface area contributed by atoms with E-state index in [4.69, 9.17) is 8.83 Å². The fourth-order valence-electron chi connectivity index (χ4n) is 4.24. The van der Waals surface area contributed by atoms with Crippen molar-refractivity contribution in [3.05, 3.63) is 79.0 Å². The minimum absolute atomic E-state index is 0.0151. The number of benzene rings is 1. The van der Waals surface area contributed by atoms with Gasteiger partial charge in [0.05, 0.1) is 28.3 Å². The Balaban J connectivity index is 1.46. The number of nitrogens with zero attached hydrogens (tertiary/aromatic N) is 2. The Labute approximate surface area is 195 Å². The number of hydrogen-bond donors (Lipinski definition) is 1. The molecule has 1 aliphatic rings. The maximum atomic E-state index is 13.2. The Hall–Kier alpha value is -3.99. The second-order valence-electron chi connectivity index (χ2n) is 8.27. The summed E-state index contributed by atoms with van der Waals surface area (Å²) in [7, 11) is 0. The van der Waals surface area contributed by atoms with Gasteiger partial charge >= 0.3 is 5.76 Å². The maximum Gasteiger partial charge on any atom is 0.420 e. The van der Waals surface area contributed by atoms with E-state index in [2.05, 4.69) is 12.2 Å². The van der Waals surface area contributed by atoms with Gasteiger partial charge in [-0.3, -0.25) is 24.3 Å². The molecule has 34 heavy (non-hydrogen) atoms. The van der Waals surface area contributed by atoms with Crippen LogP contribution in [0.25, 0.3) is 11.1 Å². The van der Waals surface area contributed by atoms with E-state index in [0.717, 1.165) is 40.3 Å². The van der Waals surface area contributed by atoms with Crippen LogP contribution in [0, 0.1) is 16.0 Å². The van der Waals surface area contributed by atoms with E-state index in [-0.39, 0.29) is 34.9 Å². The number of amides is 1. The summed E-state index contributed by atoms with van der Waals surface area (Å²) in [4.78, 5) is 49.9. The number of nitro benzene ring substituents is 1. The minimum Gasteiger partial charge on any atom is -0.461 e. The molecule has 1 N–H and O–H groups in total. The van der Waals surface area contributed by atoms with Gasteiger partial charge < -0.3 is 14.2 Å². The van der Waals surface area contributed by atoms with Gasteiger partial charge in [-0.05, 0) is 48.9 Å². The van der Waals surface area contributed by atoms with E-state index >= 15 is 0 Å². The Kier molecular flexibility index (Phi) is 5.40. The number of thiophene rings is 1. The molecule has 4 aromatic rings. The van der Waals surface area contributed by atoms with Crippen LogP contribution in [0.2, 0.25) is 0 Å². The first-order valence-corrected chi connectivity index (χ1v) is 11.4. The second kappa shape index (κ2) is 8.41. The van der Waals surface area contributed by atoms with Gasteiger partial charge in [0.15, 0.2) is 11.3 Å². The summed E-state index contributed by atoms with van der Waals surface area (Å²) in [5.74, 6) is -0.972. The topological polar surface area (TPSA) is 138 Å². The van der Waals surface area contributed by atoms with Crippen molar-refractivity contribution in [1.82, 2.24) is 4.57 Å². The number of nitrogens with one attached hydrogen (secondary N) is 1. The van der Waals surface area contributed by atoms with Crippen molar-refractivity contribution >= 4 is 44.8 Å². The Morgan fingerprint density at radius 3 is 2.88 bits per heavy atom. The first-order valence-electron chi connectivity index (χ1n) is 10.6. The van der Waals surface area contributed by atoms with Gasteiger partial charge in [-0.1, -0.05) is 6.92 Å². The van der Waals surface area contributed by atoms with Crippen LogP contribution in [0.15, 0.2) is 50.2 Å². The summed E-state index contributed by atoms with van der Waals surface area (Å²) in [6.07, 6.45) is 3.92. The molecule has 1 atom stereocenters. The molecule has 174 valence electrons. The number of furan rings is 1. The highest BCUT2D eigenvalue weighted by Gasteiger charge is 2.30. The van der Waals surface area contributed by atoms with Crippen molar-refractivity contribution < 1.29 is 23.3 Å². The molecule has 0 fully saturated rings. The van der Waals surface area contributed by atoms with Gasteiger partial charge in [-0.15, -0.1) is 11.3 Å². The molecule has 0 aliphatic heterocycles. The first kappa shape index (κ1) is 21.8. The molecule has 0 saturated carbocycles. The van der Waals surface area contributed by atoms with Crippen molar-refractivity contribution in [1.29, 1.82) is 0 Å². The lowest BCUT2D eigenvalue weighted by Crippen LogP contribution is -2.25. The predicted molar refractivity (Wildman–Crippen MR) is 123 cm³/mol. The molecular formula is C23H19N3O7S. The molecule has 1 amide bonds. The van der Waals surface area contributed by atoms with Gasteiger partial charge in [0.2, 0.25) is 11.7 Å². The van der Waals surface area contributed by atoms with Gasteiger partial charge in [0.1, 0.15) is 11.5 Å². The number of carbonyl (C=O) groups excluding carboxylic acids is 2. The van der Waals surface area contributed by atoms with Gasteiger partial charge in [0, 0.05) is 10.9 Å². The molecule has 0 spiro atoms. The summed E-state index contributed by atoms with van der Waals surface area (Å²) in [6, 6.07) is 6.95. The fraction of sp³-hybridized carbons (Fsp3) is 0.261. The molecule has 3 aromatic heterocycles. The molecule has 5 rings (SSSR count). The molecule has 11 heteroatoms. The number of non-ortho nitro benzene ring substituents is 1. The molecule has 1 aliphatic carbocycles. The summed E-state index contributed by atoms with van der Waals surface area (Å²) in [5, 5.41) is 14.2. The average Bonchev–Trinajstić information content (AvgIpc) is 3.51. The van der Waals surface area contributed by atoms with Crippen molar-refractivity contribution in [3.8, 4) is 0 Å². The summed E-state index contributed by atoms with van der Waals surface area (Å²) < 4.78 is 11.5. The normalized spacial score (nSPS) is 15.3. The maximum absolute atomic E-state index is 13.2. The van der Waals surface area contributed by atoms with E-state index in [1.165, 1.54) is 29.7 Å². The lowest BCUT2D eigenvalue weighted by molar-refractivity contribution is -0.384. The lowest BCUT2D eigenvalue weighted by atomic mass is 9.87. The number of carbonyl (C=O) groups is 2. The lowest BCUT2D eigenvalue weighted by Gasteiger charge is -2.18. The molecule has 0 radical (unpaired) electrons. The first-order chi connectivity index (χ1) is 16.3. The molecule has 1 aromatic carbocycles. The van der Waals surface area contributed by atoms with Crippen LogP contribution in [-0.4, -0.2) is 21.2 Å². The van der Waals surface area contributed by atoms with Crippen LogP contribution < -0.4 is 11.1 Å². The summed E-state index contributed by atoms with van der Waals surface area (Å²) in [5.41, 5.74) is 1.41. The third kappa shape index (κ3) is 3.83. The molecule has 3 heterocycles. The quantitative estimate of drug-likeness (QED) is 0.248. The molecule has 10 nitrogen and oxygen atoms in total. The Bertz CT molecular complexity index is 1490. The smallest absolute Gasteiger partial charge is 0.420 e. The van der Waals surface area contributed by atoms with E-state index in [1.54, 1.807) is 12.1 Å². The Morgan fingerprint density at radius 1 is 1.32 bits per heavy atom. The molecule has 1 unspecified atom stereocenters. The standard InChI is InChI=1S/C23H19N3O7S/c1-12-4-6-14-18(9-12)34-22(20(14)21(28)16-3-2-8-32-16)24-19(27)11-25-15-7-5-13(26(30)31)10-17(15)33-23(25)29/h2-3,5,7-8,10,12H,4,6,9,11H2,1H3,(H,24,27). The number of nitro groups is 1. The SMILES string of the molecule is CC1CCc2c(sc(NC(=O)Cn3c(=O)oc4cc([N+](=O)[O-])ccc43)c2C(=O)c2ccco2)C1. The second-order valence-corrected chi connectivity index (χ2v) is 9.38. The number of hydrogen-bond acceptors (Lipinski definition) is 8. The van der Waals surface area contributed by atoms with E-state index < -0.39 is 16.6 Å². The number of aromatic nitrogens is 1. The van der Waals surface area contributed by atoms with Crippen LogP contribution in [-0.2, 0) is 24.2 Å². The van der Waals surface area contributed by atoms with Gasteiger partial charge in [0.25, 0.3) is 5.69 Å². The van der Waals surface area contributed by atoms with Crippen LogP contribution in [0.4, 0.5) is 10.7 Å². The number of oxazole rings is 1. The zero-order chi connectivity index (χ0) is 24.0. The van der Waals surface area contributed by atoms with Gasteiger partial charge in [-0.2, -0.15) is 0 Å². The third-order valence-electron chi connectivity index (χ3n) is 5.90. The van der Waals surface area contributed by atoms with E-state index in [9.17, 15) is 24.5 Å². The molecule has 0 saturated heterocycles.